The first kappa shape index (κ1) is 17.8. The smallest absolute Gasteiger partial charge is 0.232 e. The first-order valence-corrected chi connectivity index (χ1v) is 8.91. The molecule has 2 aromatic rings. The minimum absolute atomic E-state index is 0.107. The number of aromatic nitrogens is 2. The van der Waals surface area contributed by atoms with E-state index in [0.29, 0.717) is 0 Å². The van der Waals surface area contributed by atoms with Gasteiger partial charge in [-0.1, -0.05) is 6.07 Å². The number of ether oxygens (including phenoxy) is 1. The van der Waals surface area contributed by atoms with Gasteiger partial charge < -0.3 is 10.5 Å². The third kappa shape index (κ3) is 3.99. The maximum atomic E-state index is 14.6. The number of ketones is 1. The molecule has 0 amide bonds. The van der Waals surface area contributed by atoms with Crippen LogP contribution in [-0.4, -0.2) is 47.6 Å². The summed E-state index contributed by atoms with van der Waals surface area (Å²) in [5.41, 5.74) is 1.11. The minimum atomic E-state index is -2.73. The molecule has 30 heavy (non-hydrogen) atoms. The minimum Gasteiger partial charge on any atom is -0.480 e. The van der Waals surface area contributed by atoms with E-state index in [4.69, 9.17) is 9.85 Å². The summed E-state index contributed by atoms with van der Waals surface area (Å²) in [5, 5.41) is 0. The standard InChI is InChI=1S/C20H20F4N4O2/c1-30-17-9-26-15(8-27-17)16(29)7-12-2-3-14(23)13(6-12)20(11-22)5-4-19(24,10-21)18(25)28-20/h2-3,6,8-9H,4-5,7,10-11H2,1H3,(H2,25,28)/t19-,20-/m1/s1/i1D3. The molecular weight excluding hydrogens is 404 g/mol. The number of Topliss-reactive ketones (excluding diaryl/α,β-unsaturated/α-hetero) is 1. The van der Waals surface area contributed by atoms with Crippen LogP contribution in [-0.2, 0) is 12.0 Å². The fraction of sp³-hybridized carbons (Fsp3) is 0.400. The monoisotopic (exact) mass is 427 g/mol. The molecule has 2 N–H and O–H groups in total. The Kier molecular flexibility index (Phi) is 4.96. The molecule has 6 nitrogen and oxygen atoms in total. The molecule has 0 fully saturated rings. The zero-order valence-electron chi connectivity index (χ0n) is 18.7. The highest BCUT2D eigenvalue weighted by atomic mass is 19.2. The van der Waals surface area contributed by atoms with Crippen molar-refractivity contribution in [1.29, 1.82) is 0 Å². The van der Waals surface area contributed by atoms with Gasteiger partial charge in [0.25, 0.3) is 0 Å². The summed E-state index contributed by atoms with van der Waals surface area (Å²) >= 11 is 0. The molecule has 0 aliphatic carbocycles. The van der Waals surface area contributed by atoms with E-state index in [9.17, 15) is 22.4 Å². The Bertz CT molecular complexity index is 1070. The summed E-state index contributed by atoms with van der Waals surface area (Å²) in [5.74, 6) is -2.42. The van der Waals surface area contributed by atoms with Crippen molar-refractivity contribution >= 4 is 11.6 Å². The largest absolute Gasteiger partial charge is 0.480 e. The van der Waals surface area contributed by atoms with Gasteiger partial charge in [-0.15, -0.1) is 0 Å². The quantitative estimate of drug-likeness (QED) is 0.542. The van der Waals surface area contributed by atoms with Gasteiger partial charge >= 0.3 is 0 Å². The maximum absolute atomic E-state index is 14.6. The average Bonchev–Trinajstić information content (AvgIpc) is 2.76. The predicted octanol–water partition coefficient (Wildman–Crippen LogP) is 3.04. The number of hydrogen-bond acceptors (Lipinski definition) is 6. The van der Waals surface area contributed by atoms with Crippen LogP contribution in [0.5, 0.6) is 5.88 Å². The first-order valence-electron chi connectivity index (χ1n) is 10.4. The number of carbonyl (C=O) groups excluding carboxylic acids is 1. The van der Waals surface area contributed by atoms with Gasteiger partial charge in [0.15, 0.2) is 11.5 Å². The Hall–Kier alpha value is -3.04. The third-order valence-electron chi connectivity index (χ3n) is 5.08. The van der Waals surface area contributed by atoms with Crippen molar-refractivity contribution in [3.05, 3.63) is 53.2 Å². The van der Waals surface area contributed by atoms with E-state index in [0.717, 1.165) is 18.5 Å². The summed E-state index contributed by atoms with van der Waals surface area (Å²) in [4.78, 5) is 23.9. The van der Waals surface area contributed by atoms with Gasteiger partial charge in [0.2, 0.25) is 5.88 Å². The number of nitrogens with zero attached hydrogens (tertiary/aromatic N) is 3. The van der Waals surface area contributed by atoms with Crippen LogP contribution in [0.25, 0.3) is 0 Å². The number of rotatable bonds is 7. The second-order valence-corrected chi connectivity index (χ2v) is 7.02. The Labute approximate surface area is 174 Å². The Morgan fingerprint density at radius 2 is 2.07 bits per heavy atom. The molecule has 0 radical (unpaired) electrons. The molecule has 3 rings (SSSR count). The zero-order chi connectivity index (χ0) is 24.4. The molecule has 1 aliphatic heterocycles. The number of aliphatic imine (C=N–C) groups is 1. The van der Waals surface area contributed by atoms with Gasteiger partial charge in [-0.05, 0) is 30.5 Å². The fourth-order valence-electron chi connectivity index (χ4n) is 3.25. The zero-order valence-corrected chi connectivity index (χ0v) is 15.7. The van der Waals surface area contributed by atoms with Crippen LogP contribution in [0.1, 0.15) is 38.6 Å². The molecule has 0 saturated heterocycles. The van der Waals surface area contributed by atoms with Gasteiger partial charge in [-0.2, -0.15) is 0 Å². The van der Waals surface area contributed by atoms with E-state index < -0.39 is 55.5 Å². The third-order valence-corrected chi connectivity index (χ3v) is 5.08. The average molecular weight is 427 g/mol. The predicted molar refractivity (Wildman–Crippen MR) is 101 cm³/mol. The molecular formula is C20H20F4N4O2. The second kappa shape index (κ2) is 8.37. The number of halogens is 4. The van der Waals surface area contributed by atoms with Gasteiger partial charge in [0, 0.05) is 12.0 Å². The van der Waals surface area contributed by atoms with E-state index in [2.05, 4.69) is 19.7 Å². The number of methoxy groups -OCH3 is 1. The molecule has 2 heterocycles. The molecule has 2 atom stereocenters. The summed E-state index contributed by atoms with van der Waals surface area (Å²) in [6.07, 6.45) is 0.920. The molecule has 160 valence electrons. The van der Waals surface area contributed by atoms with Crippen LogP contribution in [0.2, 0.25) is 0 Å². The van der Waals surface area contributed by atoms with Crippen LogP contribution in [0.15, 0.2) is 35.6 Å². The Morgan fingerprint density at radius 1 is 1.27 bits per heavy atom. The van der Waals surface area contributed by atoms with Crippen molar-refractivity contribution in [3.8, 4) is 5.88 Å². The van der Waals surface area contributed by atoms with E-state index >= 15 is 0 Å². The highest BCUT2D eigenvalue weighted by molar-refractivity contribution is 5.95. The lowest BCUT2D eigenvalue weighted by molar-refractivity contribution is 0.0987. The molecule has 0 spiro atoms. The lowest BCUT2D eigenvalue weighted by Gasteiger charge is -2.37. The summed E-state index contributed by atoms with van der Waals surface area (Å²) in [7, 11) is -2.73. The van der Waals surface area contributed by atoms with Crippen LogP contribution < -0.4 is 10.5 Å². The lowest BCUT2D eigenvalue weighted by atomic mass is 9.79. The van der Waals surface area contributed by atoms with Crippen molar-refractivity contribution in [2.75, 3.05) is 20.4 Å². The number of hydrogen-bond donors (Lipinski definition) is 1. The molecule has 1 aromatic heterocycles. The number of carbonyl (C=O) groups is 1. The topological polar surface area (TPSA) is 90.5 Å². The van der Waals surface area contributed by atoms with Crippen molar-refractivity contribution < 1.29 is 31.2 Å². The highest BCUT2D eigenvalue weighted by Crippen LogP contribution is 2.41. The maximum Gasteiger partial charge on any atom is 0.232 e. The normalized spacial score (nSPS) is 25.6. The summed E-state index contributed by atoms with van der Waals surface area (Å²) in [6, 6.07) is 3.55. The van der Waals surface area contributed by atoms with Crippen LogP contribution in [0.3, 0.4) is 0 Å². The molecule has 0 unspecified atom stereocenters. The number of amidine groups is 1. The lowest BCUT2D eigenvalue weighted by Crippen LogP contribution is -2.50. The molecule has 0 saturated carbocycles. The van der Waals surface area contributed by atoms with Crippen molar-refractivity contribution in [1.82, 2.24) is 9.97 Å². The van der Waals surface area contributed by atoms with E-state index in [1.807, 2.05) is 0 Å². The van der Waals surface area contributed by atoms with Crippen molar-refractivity contribution in [2.24, 2.45) is 10.7 Å². The van der Waals surface area contributed by atoms with E-state index in [1.54, 1.807) is 0 Å². The fourth-order valence-corrected chi connectivity index (χ4v) is 3.25. The van der Waals surface area contributed by atoms with Crippen LogP contribution in [0.4, 0.5) is 17.6 Å². The van der Waals surface area contributed by atoms with E-state index in [-0.39, 0.29) is 35.5 Å². The number of alkyl halides is 3. The van der Waals surface area contributed by atoms with Gasteiger partial charge in [-0.3, -0.25) is 9.79 Å². The number of nitrogens with two attached hydrogens (primary N) is 1. The van der Waals surface area contributed by atoms with Crippen molar-refractivity contribution in [2.45, 2.75) is 30.5 Å². The molecule has 1 aliphatic rings. The van der Waals surface area contributed by atoms with Crippen molar-refractivity contribution in [3.63, 3.8) is 0 Å². The molecule has 10 heteroatoms. The Balaban J connectivity index is 1.85. The summed E-state index contributed by atoms with van der Waals surface area (Å²) in [6.45, 7) is -2.64. The summed E-state index contributed by atoms with van der Waals surface area (Å²) < 4.78 is 81.7. The molecule has 0 bridgehead atoms. The van der Waals surface area contributed by atoms with E-state index in [1.165, 1.54) is 12.1 Å². The Morgan fingerprint density at radius 3 is 2.67 bits per heavy atom. The van der Waals surface area contributed by atoms with Crippen LogP contribution in [0, 0.1) is 5.82 Å². The number of benzene rings is 1. The first-order chi connectivity index (χ1) is 15.4. The van der Waals surface area contributed by atoms with Gasteiger partial charge in [0.1, 0.15) is 36.2 Å². The highest BCUT2D eigenvalue weighted by Gasteiger charge is 2.47. The van der Waals surface area contributed by atoms with Crippen LogP contribution >= 0.6 is 0 Å². The van der Waals surface area contributed by atoms with Gasteiger partial charge in [0.05, 0.1) is 23.5 Å². The molecule has 1 aromatic carbocycles. The second-order valence-electron chi connectivity index (χ2n) is 7.02. The SMILES string of the molecule is [2H]C([2H])([2H])Oc1cnc(C(=O)Cc2ccc(F)c([C@]3(CF)CC[C@@](F)(CF)C(N)=N3)c2)cn1. The van der Waals surface area contributed by atoms with Gasteiger partial charge in [-0.25, -0.2) is 27.5 Å².